The number of rotatable bonds is 2. The second-order valence-electron chi connectivity index (χ2n) is 2.23. The summed E-state index contributed by atoms with van der Waals surface area (Å²) in [5, 5.41) is 10.2. The molecule has 0 amide bonds. The molecule has 0 unspecified atom stereocenters. The first-order chi connectivity index (χ1) is 6.43. The Bertz CT molecular complexity index is 386. The number of nitro groups is 1. The second kappa shape index (κ2) is 3.91. The van der Waals surface area contributed by atoms with E-state index in [9.17, 15) is 23.3 Å². The van der Waals surface area contributed by atoms with Crippen LogP contribution in [-0.2, 0) is 0 Å². The summed E-state index contributed by atoms with van der Waals surface area (Å²) in [6.45, 7) is 0. The van der Waals surface area contributed by atoms with Crippen LogP contribution in [0.1, 0.15) is 12.0 Å². The zero-order chi connectivity index (χ0) is 10.9. The van der Waals surface area contributed by atoms with E-state index in [0.29, 0.717) is 6.07 Å². The molecule has 0 atom stereocenters. The third-order valence-corrected chi connectivity index (χ3v) is 1.91. The molecule has 1 aromatic rings. The number of nitrogens with zero attached hydrogens (tertiary/aromatic N) is 2. The van der Waals surface area contributed by atoms with Crippen molar-refractivity contribution in [2.75, 3.05) is 0 Å². The molecule has 1 aromatic heterocycles. The van der Waals surface area contributed by atoms with E-state index in [1.165, 1.54) is 0 Å². The summed E-state index contributed by atoms with van der Waals surface area (Å²) in [4.78, 5) is 11.9. The van der Waals surface area contributed by atoms with Crippen LogP contribution in [0.2, 0.25) is 0 Å². The molecule has 8 heteroatoms. The van der Waals surface area contributed by atoms with Crippen molar-refractivity contribution in [2.24, 2.45) is 0 Å². The van der Waals surface area contributed by atoms with Crippen molar-refractivity contribution in [2.45, 2.75) is 6.43 Å². The summed E-state index contributed by atoms with van der Waals surface area (Å²) in [7, 11) is 0. The molecule has 4 nitrogen and oxygen atoms in total. The Morgan fingerprint density at radius 1 is 1.57 bits per heavy atom. The third kappa shape index (κ3) is 2.00. The lowest BCUT2D eigenvalue weighted by molar-refractivity contribution is -0.391. The quantitative estimate of drug-likeness (QED) is 0.472. The van der Waals surface area contributed by atoms with Crippen molar-refractivity contribution in [1.29, 1.82) is 0 Å². The molecule has 0 bridgehead atoms. The van der Waals surface area contributed by atoms with Crippen LogP contribution in [0.3, 0.4) is 0 Å². The molecule has 0 saturated heterocycles. The number of alkyl halides is 2. The first-order valence-corrected chi connectivity index (χ1v) is 4.01. The van der Waals surface area contributed by atoms with Crippen LogP contribution >= 0.6 is 15.9 Å². The molecule has 0 aliphatic rings. The van der Waals surface area contributed by atoms with E-state index >= 15 is 0 Å². The van der Waals surface area contributed by atoms with Crippen LogP contribution in [0.25, 0.3) is 0 Å². The van der Waals surface area contributed by atoms with Gasteiger partial charge in [-0.3, -0.25) is 0 Å². The Morgan fingerprint density at radius 3 is 2.57 bits per heavy atom. The maximum absolute atomic E-state index is 12.7. The molecule has 76 valence electrons. The van der Waals surface area contributed by atoms with E-state index in [2.05, 4.69) is 20.9 Å². The Kier molecular flexibility index (Phi) is 3.04. The van der Waals surface area contributed by atoms with Gasteiger partial charge in [-0.05, 0) is 31.9 Å². The first kappa shape index (κ1) is 10.9. The molecule has 0 aromatic carbocycles. The van der Waals surface area contributed by atoms with Crippen LogP contribution in [0.5, 0.6) is 0 Å². The average Bonchev–Trinajstić information content (AvgIpc) is 2.08. The van der Waals surface area contributed by atoms with Gasteiger partial charge in [0, 0.05) is 0 Å². The van der Waals surface area contributed by atoms with E-state index in [1.54, 1.807) is 0 Å². The normalized spacial score (nSPS) is 10.6. The van der Waals surface area contributed by atoms with E-state index < -0.39 is 28.7 Å². The summed E-state index contributed by atoms with van der Waals surface area (Å²) in [5.74, 6) is -2.36. The van der Waals surface area contributed by atoms with Gasteiger partial charge in [-0.15, -0.1) is 0 Å². The van der Waals surface area contributed by atoms with E-state index in [1.807, 2.05) is 0 Å². The van der Waals surface area contributed by atoms with Crippen molar-refractivity contribution in [3.63, 3.8) is 0 Å². The highest BCUT2D eigenvalue weighted by Gasteiger charge is 2.26. The molecular formula is C6H2BrF3N2O2. The lowest BCUT2D eigenvalue weighted by Crippen LogP contribution is -2.01. The van der Waals surface area contributed by atoms with Crippen LogP contribution in [0.4, 0.5) is 19.0 Å². The zero-order valence-corrected chi connectivity index (χ0v) is 7.96. The zero-order valence-electron chi connectivity index (χ0n) is 6.38. The predicted molar refractivity (Wildman–Crippen MR) is 43.5 cm³/mol. The summed E-state index contributed by atoms with van der Waals surface area (Å²) in [5.41, 5.74) is -0.914. The number of halogens is 4. The molecule has 0 N–H and O–H groups in total. The van der Waals surface area contributed by atoms with Crippen molar-refractivity contribution in [3.05, 3.63) is 32.2 Å². The average molecular weight is 271 g/mol. The van der Waals surface area contributed by atoms with Crippen LogP contribution < -0.4 is 0 Å². The predicted octanol–water partition coefficient (Wildman–Crippen LogP) is 2.83. The first-order valence-electron chi connectivity index (χ1n) is 3.22. The number of pyridine rings is 1. The molecular weight excluding hydrogens is 269 g/mol. The van der Waals surface area contributed by atoms with Gasteiger partial charge in [0.15, 0.2) is 0 Å². The molecule has 1 rings (SSSR count). The second-order valence-corrected chi connectivity index (χ2v) is 3.09. The van der Waals surface area contributed by atoms with Gasteiger partial charge in [-0.2, -0.15) is 4.39 Å². The summed E-state index contributed by atoms with van der Waals surface area (Å²) in [6, 6.07) is 0.644. The summed E-state index contributed by atoms with van der Waals surface area (Å²) in [6.07, 6.45) is -3.07. The standard InChI is InChI=1S/C6H2BrF3N2O2/c7-3-1-2(4(8)9)6(12(13)14)11-5(3)10/h1,4H. The van der Waals surface area contributed by atoms with Crippen molar-refractivity contribution < 1.29 is 18.1 Å². The van der Waals surface area contributed by atoms with Crippen LogP contribution in [0.15, 0.2) is 10.5 Å². The minimum absolute atomic E-state index is 0.335. The van der Waals surface area contributed by atoms with Crippen LogP contribution in [0, 0.1) is 16.1 Å². The fraction of sp³-hybridized carbons (Fsp3) is 0.167. The minimum Gasteiger partial charge on any atom is -0.358 e. The SMILES string of the molecule is O=[N+]([O-])c1nc(F)c(Br)cc1C(F)F. The van der Waals surface area contributed by atoms with Crippen molar-refractivity contribution >= 4 is 21.7 Å². The number of aromatic nitrogens is 1. The molecule has 0 radical (unpaired) electrons. The molecule has 0 aliphatic heterocycles. The smallest absolute Gasteiger partial charge is 0.358 e. The van der Waals surface area contributed by atoms with Gasteiger partial charge in [-0.25, -0.2) is 8.78 Å². The van der Waals surface area contributed by atoms with Crippen molar-refractivity contribution in [3.8, 4) is 0 Å². The summed E-state index contributed by atoms with van der Waals surface area (Å²) < 4.78 is 36.8. The largest absolute Gasteiger partial charge is 0.375 e. The lowest BCUT2D eigenvalue weighted by atomic mass is 10.2. The Morgan fingerprint density at radius 2 is 2.14 bits per heavy atom. The Balaban J connectivity index is 3.39. The molecule has 14 heavy (non-hydrogen) atoms. The Labute approximate surface area is 84.0 Å². The van der Waals surface area contributed by atoms with Gasteiger partial charge >= 0.3 is 11.8 Å². The monoisotopic (exact) mass is 270 g/mol. The van der Waals surface area contributed by atoms with Gasteiger partial charge in [0.25, 0.3) is 6.43 Å². The number of hydrogen-bond acceptors (Lipinski definition) is 3. The lowest BCUT2D eigenvalue weighted by Gasteiger charge is -2.01. The maximum atomic E-state index is 12.7. The van der Waals surface area contributed by atoms with Gasteiger partial charge in [0.05, 0.1) is 4.47 Å². The topological polar surface area (TPSA) is 56.0 Å². The van der Waals surface area contributed by atoms with Crippen LogP contribution in [-0.4, -0.2) is 9.91 Å². The fourth-order valence-corrected chi connectivity index (χ4v) is 1.11. The van der Waals surface area contributed by atoms with Crippen molar-refractivity contribution in [1.82, 2.24) is 4.98 Å². The van der Waals surface area contributed by atoms with Gasteiger partial charge in [0.1, 0.15) is 5.56 Å². The van der Waals surface area contributed by atoms with E-state index in [4.69, 9.17) is 0 Å². The van der Waals surface area contributed by atoms with Gasteiger partial charge < -0.3 is 10.1 Å². The molecule has 1 heterocycles. The highest BCUT2D eigenvalue weighted by molar-refractivity contribution is 9.10. The van der Waals surface area contributed by atoms with E-state index in [-0.39, 0.29) is 4.47 Å². The highest BCUT2D eigenvalue weighted by Crippen LogP contribution is 2.30. The molecule has 0 saturated carbocycles. The number of hydrogen-bond donors (Lipinski definition) is 0. The van der Waals surface area contributed by atoms with Gasteiger partial charge in [-0.1, -0.05) is 0 Å². The fourth-order valence-electron chi connectivity index (χ4n) is 0.778. The molecule has 0 fully saturated rings. The minimum atomic E-state index is -3.07. The third-order valence-electron chi connectivity index (χ3n) is 1.35. The Hall–Kier alpha value is -1.18. The molecule has 0 aliphatic carbocycles. The molecule has 0 spiro atoms. The van der Waals surface area contributed by atoms with Gasteiger partial charge in [0.2, 0.25) is 0 Å². The maximum Gasteiger partial charge on any atom is 0.375 e. The van der Waals surface area contributed by atoms with E-state index in [0.717, 1.165) is 0 Å². The summed E-state index contributed by atoms with van der Waals surface area (Å²) >= 11 is 2.60. The highest BCUT2D eigenvalue weighted by atomic mass is 79.9.